The molecule has 1 N–H and O–H groups in total. The van der Waals surface area contributed by atoms with Gasteiger partial charge in [0.05, 0.1) is 10.2 Å². The number of nitrogens with one attached hydrogen (secondary N) is 1. The molecular weight excluding hydrogens is 365 g/mol. The topological polar surface area (TPSA) is 63.1 Å². The van der Waals surface area contributed by atoms with Crippen LogP contribution < -0.4 is 10.2 Å². The highest BCUT2D eigenvalue weighted by Gasteiger charge is 2.26. The minimum absolute atomic E-state index is 0.0388. The van der Waals surface area contributed by atoms with Crippen molar-refractivity contribution in [3.63, 3.8) is 0 Å². The number of carbonyl (C=O) groups is 1. The van der Waals surface area contributed by atoms with Crippen molar-refractivity contribution in [1.82, 2.24) is 19.9 Å². The van der Waals surface area contributed by atoms with Gasteiger partial charge in [0.1, 0.15) is 11.6 Å². The van der Waals surface area contributed by atoms with E-state index in [1.165, 1.54) is 23.5 Å². The van der Waals surface area contributed by atoms with E-state index in [2.05, 4.69) is 20.2 Å². The zero-order valence-corrected chi connectivity index (χ0v) is 16.0. The summed E-state index contributed by atoms with van der Waals surface area (Å²) in [6.45, 7) is 4.88. The van der Waals surface area contributed by atoms with E-state index in [-0.39, 0.29) is 17.6 Å². The summed E-state index contributed by atoms with van der Waals surface area (Å²) < 4.78 is 16.2. The Labute approximate surface area is 161 Å². The van der Waals surface area contributed by atoms with Crippen molar-refractivity contribution in [2.45, 2.75) is 26.3 Å². The lowest BCUT2D eigenvalue weighted by Crippen LogP contribution is -2.41. The lowest BCUT2D eigenvalue weighted by molar-refractivity contribution is -0.125. The first-order valence-electron chi connectivity index (χ1n) is 9.16. The quantitative estimate of drug-likeness (QED) is 0.731. The number of rotatable bonds is 5. The third kappa shape index (κ3) is 3.95. The van der Waals surface area contributed by atoms with E-state index < -0.39 is 0 Å². The van der Waals surface area contributed by atoms with Crippen LogP contribution in [0.2, 0.25) is 0 Å². The van der Waals surface area contributed by atoms with Crippen molar-refractivity contribution >= 4 is 32.6 Å². The highest BCUT2D eigenvalue weighted by Crippen LogP contribution is 2.31. The van der Waals surface area contributed by atoms with Gasteiger partial charge in [0.2, 0.25) is 5.91 Å². The van der Waals surface area contributed by atoms with Gasteiger partial charge in [0, 0.05) is 44.5 Å². The van der Waals surface area contributed by atoms with Gasteiger partial charge < -0.3 is 14.8 Å². The van der Waals surface area contributed by atoms with Crippen LogP contribution in [0, 0.1) is 18.7 Å². The monoisotopic (exact) mass is 387 g/mol. The number of anilines is 1. The van der Waals surface area contributed by atoms with Gasteiger partial charge in [-0.3, -0.25) is 4.79 Å². The van der Waals surface area contributed by atoms with Crippen LogP contribution in [0.4, 0.5) is 9.52 Å². The van der Waals surface area contributed by atoms with Gasteiger partial charge in [-0.2, -0.15) is 0 Å². The van der Waals surface area contributed by atoms with E-state index in [4.69, 9.17) is 0 Å². The number of thiazole rings is 1. The maximum absolute atomic E-state index is 13.4. The van der Waals surface area contributed by atoms with Crippen molar-refractivity contribution in [2.24, 2.45) is 5.92 Å². The lowest BCUT2D eigenvalue weighted by Gasteiger charge is -2.31. The molecule has 8 heteroatoms. The number of hydrogen-bond donors (Lipinski definition) is 1. The second-order valence-corrected chi connectivity index (χ2v) is 7.84. The molecule has 4 rings (SSSR count). The molecular formula is C19H22FN5OS. The van der Waals surface area contributed by atoms with E-state index in [1.54, 1.807) is 12.3 Å². The molecule has 2 aromatic heterocycles. The van der Waals surface area contributed by atoms with Crippen molar-refractivity contribution in [3.8, 4) is 0 Å². The summed E-state index contributed by atoms with van der Waals surface area (Å²) in [5, 5.41) is 3.95. The molecule has 1 aliphatic heterocycles. The minimum atomic E-state index is -0.237. The normalized spacial score (nSPS) is 15.4. The summed E-state index contributed by atoms with van der Waals surface area (Å²) in [5.41, 5.74) is 0.825. The van der Waals surface area contributed by atoms with Crippen LogP contribution in [0.1, 0.15) is 18.7 Å². The number of benzene rings is 1. The van der Waals surface area contributed by atoms with Crippen LogP contribution in [-0.4, -0.2) is 40.1 Å². The number of hydrogen-bond acceptors (Lipinski definition) is 5. The van der Waals surface area contributed by atoms with Crippen molar-refractivity contribution in [1.29, 1.82) is 0 Å². The Bertz CT molecular complexity index is 945. The Hall–Kier alpha value is -2.48. The smallest absolute Gasteiger partial charge is 0.223 e. The van der Waals surface area contributed by atoms with Crippen molar-refractivity contribution in [2.75, 3.05) is 24.5 Å². The molecule has 0 aliphatic carbocycles. The molecule has 1 aromatic carbocycles. The zero-order valence-electron chi connectivity index (χ0n) is 15.2. The molecule has 1 fully saturated rings. The van der Waals surface area contributed by atoms with E-state index in [9.17, 15) is 9.18 Å². The molecule has 0 saturated carbocycles. The fourth-order valence-corrected chi connectivity index (χ4v) is 4.48. The molecule has 6 nitrogen and oxygen atoms in total. The average molecular weight is 387 g/mol. The largest absolute Gasteiger partial charge is 0.354 e. The van der Waals surface area contributed by atoms with Crippen LogP contribution in [-0.2, 0) is 11.3 Å². The molecule has 0 spiro atoms. The van der Waals surface area contributed by atoms with Crippen LogP contribution in [0.25, 0.3) is 10.2 Å². The standard InChI is InChI=1S/C19H22FN5OS/c1-13-21-6-10-24(13)11-7-22-18(26)14-4-8-25(9-5-14)19-23-16-3-2-15(20)12-17(16)27-19/h2-3,6,10,12,14H,4-5,7-9,11H2,1H3,(H,22,26). The van der Waals surface area contributed by atoms with E-state index in [0.29, 0.717) is 6.54 Å². The Balaban J connectivity index is 1.28. The van der Waals surface area contributed by atoms with Crippen molar-refractivity contribution < 1.29 is 9.18 Å². The summed E-state index contributed by atoms with van der Waals surface area (Å²) in [7, 11) is 0. The zero-order chi connectivity index (χ0) is 18.8. The summed E-state index contributed by atoms with van der Waals surface area (Å²) in [6.07, 6.45) is 5.30. The first kappa shape index (κ1) is 17.9. The molecule has 0 unspecified atom stereocenters. The van der Waals surface area contributed by atoms with E-state index in [1.807, 2.05) is 17.7 Å². The number of aromatic nitrogens is 3. The number of halogens is 1. The molecule has 1 amide bonds. The van der Waals surface area contributed by atoms with Crippen LogP contribution in [0.5, 0.6) is 0 Å². The molecule has 27 heavy (non-hydrogen) atoms. The maximum Gasteiger partial charge on any atom is 0.223 e. The second-order valence-electron chi connectivity index (χ2n) is 6.83. The van der Waals surface area contributed by atoms with Gasteiger partial charge in [0.25, 0.3) is 0 Å². The molecule has 0 radical (unpaired) electrons. The fraction of sp³-hybridized carbons (Fsp3) is 0.421. The van der Waals surface area contributed by atoms with Gasteiger partial charge in [-0.1, -0.05) is 11.3 Å². The van der Waals surface area contributed by atoms with Gasteiger partial charge in [-0.05, 0) is 38.0 Å². The van der Waals surface area contributed by atoms with E-state index >= 15 is 0 Å². The van der Waals surface area contributed by atoms with Gasteiger partial charge in [-0.25, -0.2) is 14.4 Å². The summed E-state index contributed by atoms with van der Waals surface area (Å²) in [6, 6.07) is 4.68. The highest BCUT2D eigenvalue weighted by molar-refractivity contribution is 7.22. The second kappa shape index (κ2) is 7.64. The molecule has 3 heterocycles. The summed E-state index contributed by atoms with van der Waals surface area (Å²) in [4.78, 5) is 23.4. The fourth-order valence-electron chi connectivity index (χ4n) is 3.44. The molecule has 0 bridgehead atoms. The van der Waals surface area contributed by atoms with Gasteiger partial charge in [-0.15, -0.1) is 0 Å². The molecule has 1 saturated heterocycles. The maximum atomic E-state index is 13.4. The number of nitrogens with zero attached hydrogens (tertiary/aromatic N) is 4. The summed E-state index contributed by atoms with van der Waals surface area (Å²) >= 11 is 1.51. The van der Waals surface area contributed by atoms with Gasteiger partial charge >= 0.3 is 0 Å². The predicted molar refractivity (Wildman–Crippen MR) is 104 cm³/mol. The molecule has 1 aliphatic rings. The number of carbonyl (C=O) groups excluding carboxylic acids is 1. The first-order valence-corrected chi connectivity index (χ1v) is 9.98. The van der Waals surface area contributed by atoms with Crippen LogP contribution in [0.3, 0.4) is 0 Å². The Morgan fingerprint density at radius 1 is 1.37 bits per heavy atom. The SMILES string of the molecule is Cc1nccn1CCNC(=O)C1CCN(c2nc3ccc(F)cc3s2)CC1. The molecule has 0 atom stereocenters. The van der Waals surface area contributed by atoms with Crippen LogP contribution in [0.15, 0.2) is 30.6 Å². The number of imidazole rings is 1. The number of aryl methyl sites for hydroxylation is 1. The number of amides is 1. The highest BCUT2D eigenvalue weighted by atomic mass is 32.1. The Morgan fingerprint density at radius 2 is 2.19 bits per heavy atom. The third-order valence-corrected chi connectivity index (χ3v) is 6.13. The minimum Gasteiger partial charge on any atom is -0.354 e. The Morgan fingerprint density at radius 3 is 2.93 bits per heavy atom. The molecule has 142 valence electrons. The number of piperidine rings is 1. The Kier molecular flexibility index (Phi) is 5.07. The average Bonchev–Trinajstić information content (AvgIpc) is 3.27. The van der Waals surface area contributed by atoms with E-state index in [0.717, 1.165) is 53.6 Å². The number of fused-ring (bicyclic) bond motifs is 1. The van der Waals surface area contributed by atoms with Crippen LogP contribution >= 0.6 is 11.3 Å². The summed E-state index contributed by atoms with van der Waals surface area (Å²) in [5.74, 6) is 0.878. The van der Waals surface area contributed by atoms with Crippen molar-refractivity contribution in [3.05, 3.63) is 42.2 Å². The van der Waals surface area contributed by atoms with Gasteiger partial charge in [0.15, 0.2) is 5.13 Å². The predicted octanol–water partition coefficient (Wildman–Crippen LogP) is 2.97. The third-order valence-electron chi connectivity index (χ3n) is 5.05. The lowest BCUT2D eigenvalue weighted by atomic mass is 9.96. The first-order chi connectivity index (χ1) is 13.1. The molecule has 3 aromatic rings.